The number of benzene rings is 1. The normalized spacial score (nSPS) is 22.7. The number of ether oxygens (including phenoxy) is 2. The monoisotopic (exact) mass is 313 g/mol. The van der Waals surface area contributed by atoms with Gasteiger partial charge in [0.1, 0.15) is 4.99 Å². The van der Waals surface area contributed by atoms with Crippen molar-refractivity contribution < 1.29 is 9.47 Å². The van der Waals surface area contributed by atoms with Gasteiger partial charge in [0.2, 0.25) is 0 Å². The summed E-state index contributed by atoms with van der Waals surface area (Å²) >= 11 is 11.2. The Labute approximate surface area is 130 Å². The van der Waals surface area contributed by atoms with Crippen molar-refractivity contribution in [1.82, 2.24) is 0 Å². The molecule has 0 bridgehead atoms. The Morgan fingerprint density at radius 1 is 1.40 bits per heavy atom. The number of rotatable bonds is 5. The Balaban J connectivity index is 1.92. The fourth-order valence-corrected chi connectivity index (χ4v) is 2.85. The lowest BCUT2D eigenvalue weighted by Crippen LogP contribution is -2.27. The quantitative estimate of drug-likeness (QED) is 0.846. The molecule has 0 amide bonds. The first-order valence-corrected chi connectivity index (χ1v) is 7.61. The van der Waals surface area contributed by atoms with E-state index in [0.717, 1.165) is 36.8 Å². The predicted molar refractivity (Wildman–Crippen MR) is 85.2 cm³/mol. The van der Waals surface area contributed by atoms with Gasteiger partial charge in [0.05, 0.1) is 18.8 Å². The van der Waals surface area contributed by atoms with Crippen molar-refractivity contribution in [3.63, 3.8) is 0 Å². The summed E-state index contributed by atoms with van der Waals surface area (Å²) in [5.41, 5.74) is 7.33. The summed E-state index contributed by atoms with van der Waals surface area (Å²) in [6.07, 6.45) is 4.89. The number of hydrogen-bond donors (Lipinski definition) is 1. The molecule has 1 saturated carbocycles. The van der Waals surface area contributed by atoms with E-state index in [-0.39, 0.29) is 6.10 Å². The summed E-state index contributed by atoms with van der Waals surface area (Å²) in [5.74, 6) is 0. The third kappa shape index (κ3) is 4.16. The Morgan fingerprint density at radius 2 is 2.15 bits per heavy atom. The summed E-state index contributed by atoms with van der Waals surface area (Å²) < 4.78 is 11.4. The number of methoxy groups -OCH3 is 1. The van der Waals surface area contributed by atoms with E-state index in [0.29, 0.717) is 22.7 Å². The van der Waals surface area contributed by atoms with E-state index in [2.05, 4.69) is 0 Å². The van der Waals surface area contributed by atoms with Crippen LogP contribution in [0.15, 0.2) is 18.2 Å². The van der Waals surface area contributed by atoms with Gasteiger partial charge in [-0.15, -0.1) is 0 Å². The summed E-state index contributed by atoms with van der Waals surface area (Å²) in [7, 11) is 1.76. The van der Waals surface area contributed by atoms with E-state index in [1.807, 2.05) is 12.1 Å². The molecule has 1 aliphatic rings. The molecule has 0 spiro atoms. The van der Waals surface area contributed by atoms with E-state index in [4.69, 9.17) is 39.0 Å². The van der Waals surface area contributed by atoms with Crippen LogP contribution in [0.5, 0.6) is 0 Å². The number of thiocarbonyl (C=S) groups is 1. The lowest BCUT2D eigenvalue weighted by atomic mass is 9.95. The maximum absolute atomic E-state index is 6.23. The topological polar surface area (TPSA) is 44.5 Å². The van der Waals surface area contributed by atoms with Gasteiger partial charge in [0.15, 0.2) is 0 Å². The largest absolute Gasteiger partial charge is 0.389 e. The zero-order valence-electron chi connectivity index (χ0n) is 11.6. The van der Waals surface area contributed by atoms with Gasteiger partial charge in [0.25, 0.3) is 0 Å². The average Bonchev–Trinajstić information content (AvgIpc) is 2.46. The van der Waals surface area contributed by atoms with Gasteiger partial charge >= 0.3 is 0 Å². The number of nitrogens with two attached hydrogens (primary N) is 1. The van der Waals surface area contributed by atoms with Gasteiger partial charge in [-0.1, -0.05) is 36.0 Å². The zero-order chi connectivity index (χ0) is 14.5. The highest BCUT2D eigenvalue weighted by molar-refractivity contribution is 7.80. The molecular formula is C15H20ClNO2S. The van der Waals surface area contributed by atoms with Crippen LogP contribution in [-0.2, 0) is 16.1 Å². The molecule has 1 aliphatic carbocycles. The van der Waals surface area contributed by atoms with E-state index in [9.17, 15) is 0 Å². The van der Waals surface area contributed by atoms with Crippen LogP contribution in [0.3, 0.4) is 0 Å². The van der Waals surface area contributed by atoms with Crippen molar-refractivity contribution in [2.24, 2.45) is 5.73 Å². The molecule has 0 heterocycles. The van der Waals surface area contributed by atoms with E-state index >= 15 is 0 Å². The van der Waals surface area contributed by atoms with E-state index < -0.39 is 0 Å². The molecule has 1 fully saturated rings. The van der Waals surface area contributed by atoms with Crippen LogP contribution in [0.2, 0.25) is 5.02 Å². The standard InChI is InChI=1S/C15H20ClNO2S/c1-18-12-3-2-4-13(8-12)19-9-11-6-5-10(15(17)20)7-14(11)16/h5-7,12-13H,2-4,8-9H2,1H3,(H2,17,20). The SMILES string of the molecule is COC1CCCC(OCc2ccc(C(N)=S)cc2Cl)C1. The van der Waals surface area contributed by atoms with Crippen LogP contribution >= 0.6 is 23.8 Å². The van der Waals surface area contributed by atoms with Crippen molar-refractivity contribution in [2.45, 2.75) is 44.5 Å². The minimum atomic E-state index is 0.250. The molecule has 0 radical (unpaired) electrons. The van der Waals surface area contributed by atoms with Crippen LogP contribution < -0.4 is 5.73 Å². The van der Waals surface area contributed by atoms with Gasteiger partial charge in [-0.2, -0.15) is 0 Å². The summed E-state index contributed by atoms with van der Waals surface area (Å²) in [6, 6.07) is 5.60. The van der Waals surface area contributed by atoms with Gasteiger partial charge in [0, 0.05) is 17.7 Å². The number of hydrogen-bond acceptors (Lipinski definition) is 3. The summed E-state index contributed by atoms with van der Waals surface area (Å²) in [4.78, 5) is 0.356. The highest BCUT2D eigenvalue weighted by Crippen LogP contribution is 2.25. The summed E-state index contributed by atoms with van der Waals surface area (Å²) in [6.45, 7) is 0.511. The molecule has 2 atom stereocenters. The molecule has 2 rings (SSSR count). The van der Waals surface area contributed by atoms with Crippen LogP contribution in [0, 0.1) is 0 Å². The van der Waals surface area contributed by atoms with Crippen molar-refractivity contribution in [2.75, 3.05) is 7.11 Å². The van der Waals surface area contributed by atoms with Crippen molar-refractivity contribution in [3.05, 3.63) is 34.3 Å². The van der Waals surface area contributed by atoms with Gasteiger partial charge < -0.3 is 15.2 Å². The minimum absolute atomic E-state index is 0.250. The smallest absolute Gasteiger partial charge is 0.104 e. The Kier molecular flexibility index (Phi) is 5.78. The van der Waals surface area contributed by atoms with E-state index in [1.54, 1.807) is 13.2 Å². The lowest BCUT2D eigenvalue weighted by molar-refractivity contribution is -0.0363. The first-order chi connectivity index (χ1) is 9.60. The minimum Gasteiger partial charge on any atom is -0.389 e. The van der Waals surface area contributed by atoms with Crippen LogP contribution in [0.25, 0.3) is 0 Å². The Morgan fingerprint density at radius 3 is 2.80 bits per heavy atom. The highest BCUT2D eigenvalue weighted by atomic mass is 35.5. The van der Waals surface area contributed by atoms with Gasteiger partial charge in [-0.05, 0) is 37.3 Å². The third-order valence-corrected chi connectivity index (χ3v) is 4.31. The molecule has 2 unspecified atom stereocenters. The van der Waals surface area contributed by atoms with Crippen LogP contribution in [0.1, 0.15) is 36.8 Å². The van der Waals surface area contributed by atoms with Gasteiger partial charge in [-0.25, -0.2) is 0 Å². The second kappa shape index (κ2) is 7.36. The molecule has 20 heavy (non-hydrogen) atoms. The molecule has 1 aromatic rings. The fourth-order valence-electron chi connectivity index (χ4n) is 2.49. The first kappa shape index (κ1) is 15.7. The van der Waals surface area contributed by atoms with Gasteiger partial charge in [-0.3, -0.25) is 0 Å². The molecule has 2 N–H and O–H groups in total. The van der Waals surface area contributed by atoms with Crippen LogP contribution in [0.4, 0.5) is 0 Å². The van der Waals surface area contributed by atoms with Crippen molar-refractivity contribution in [1.29, 1.82) is 0 Å². The molecule has 0 aliphatic heterocycles. The molecule has 0 aromatic heterocycles. The lowest BCUT2D eigenvalue weighted by Gasteiger charge is -2.28. The Bertz CT molecular complexity index is 481. The van der Waals surface area contributed by atoms with Crippen molar-refractivity contribution in [3.8, 4) is 0 Å². The molecule has 0 saturated heterocycles. The predicted octanol–water partition coefficient (Wildman–Crippen LogP) is 3.45. The zero-order valence-corrected chi connectivity index (χ0v) is 13.2. The molecule has 1 aromatic carbocycles. The van der Waals surface area contributed by atoms with Crippen molar-refractivity contribution >= 4 is 28.8 Å². The third-order valence-electron chi connectivity index (χ3n) is 3.72. The number of halogens is 1. The molecule has 5 heteroatoms. The van der Waals surface area contributed by atoms with E-state index in [1.165, 1.54) is 0 Å². The molecule has 110 valence electrons. The summed E-state index contributed by atoms with van der Waals surface area (Å²) in [5, 5.41) is 0.648. The second-order valence-corrected chi connectivity index (χ2v) is 5.97. The maximum Gasteiger partial charge on any atom is 0.104 e. The fraction of sp³-hybridized carbons (Fsp3) is 0.533. The molecule has 3 nitrogen and oxygen atoms in total. The second-order valence-electron chi connectivity index (χ2n) is 5.13. The maximum atomic E-state index is 6.23. The average molecular weight is 314 g/mol. The molecular weight excluding hydrogens is 294 g/mol. The van der Waals surface area contributed by atoms with Crippen LogP contribution in [-0.4, -0.2) is 24.3 Å². The first-order valence-electron chi connectivity index (χ1n) is 6.82. The Hall–Kier alpha value is -0.680. The highest BCUT2D eigenvalue weighted by Gasteiger charge is 2.22.